The molecule has 0 fully saturated rings. The minimum atomic E-state index is -0.570. The maximum absolute atomic E-state index is 12.6. The van der Waals surface area contributed by atoms with Crippen LogP contribution in [0.4, 0.5) is 14.4 Å². The fraction of sp³-hybridized carbons (Fsp3) is 0.654. The Morgan fingerprint density at radius 3 is 1.62 bits per heavy atom. The number of nitrogens with zero attached hydrogens (tertiary/aromatic N) is 1. The van der Waals surface area contributed by atoms with Crippen LogP contribution in [0.2, 0.25) is 0 Å². The molecule has 0 aliphatic carbocycles. The molecule has 2 N–H and O–H groups in total. The molecule has 0 atom stereocenters. The molecule has 1 aromatic rings. The minimum absolute atomic E-state index is 0.150. The van der Waals surface area contributed by atoms with Crippen molar-refractivity contribution in [1.82, 2.24) is 15.5 Å². The summed E-state index contributed by atoms with van der Waals surface area (Å²) in [4.78, 5) is 37.5. The third-order valence-electron chi connectivity index (χ3n) is 4.30. The second-order valence-corrected chi connectivity index (χ2v) is 10.1. The second kappa shape index (κ2) is 16.6. The van der Waals surface area contributed by atoms with Crippen molar-refractivity contribution in [2.45, 2.75) is 59.4 Å². The van der Waals surface area contributed by atoms with Crippen molar-refractivity contribution >= 4 is 18.3 Å². The number of alkyl carbamates (subject to hydrolysis) is 2. The molecule has 0 heterocycles. The van der Waals surface area contributed by atoms with Crippen molar-refractivity contribution in [2.24, 2.45) is 0 Å². The summed E-state index contributed by atoms with van der Waals surface area (Å²) >= 11 is 0. The number of carbonyl (C=O) groups is 3. The first kappa shape index (κ1) is 32.0. The highest BCUT2D eigenvalue weighted by atomic mass is 16.6. The molecule has 210 valence electrons. The molecular weight excluding hydrogens is 482 g/mol. The molecule has 11 nitrogen and oxygen atoms in total. The van der Waals surface area contributed by atoms with Gasteiger partial charge in [0.15, 0.2) is 0 Å². The van der Waals surface area contributed by atoms with Crippen LogP contribution >= 0.6 is 0 Å². The van der Waals surface area contributed by atoms with E-state index < -0.39 is 29.5 Å². The van der Waals surface area contributed by atoms with Crippen LogP contribution in [0.25, 0.3) is 0 Å². The lowest BCUT2D eigenvalue weighted by atomic mass is 10.2. The third kappa shape index (κ3) is 17.9. The maximum atomic E-state index is 12.6. The maximum Gasteiger partial charge on any atom is 0.410 e. The Bertz CT molecular complexity index is 766. The summed E-state index contributed by atoms with van der Waals surface area (Å²) in [5.74, 6) is 0. The lowest BCUT2D eigenvalue weighted by Crippen LogP contribution is -2.38. The van der Waals surface area contributed by atoms with E-state index in [-0.39, 0.29) is 59.2 Å². The van der Waals surface area contributed by atoms with Gasteiger partial charge in [0, 0.05) is 26.2 Å². The van der Waals surface area contributed by atoms with Crippen molar-refractivity contribution in [3.63, 3.8) is 0 Å². The van der Waals surface area contributed by atoms with Crippen molar-refractivity contribution in [1.29, 1.82) is 0 Å². The van der Waals surface area contributed by atoms with Gasteiger partial charge < -0.3 is 39.2 Å². The highest BCUT2D eigenvalue weighted by Gasteiger charge is 2.17. The van der Waals surface area contributed by atoms with Crippen LogP contribution in [-0.4, -0.2) is 87.0 Å². The lowest BCUT2D eigenvalue weighted by Gasteiger charge is -2.22. The van der Waals surface area contributed by atoms with Crippen LogP contribution in [0.5, 0.6) is 0 Å². The predicted molar refractivity (Wildman–Crippen MR) is 138 cm³/mol. The third-order valence-corrected chi connectivity index (χ3v) is 4.30. The molecule has 0 aromatic heterocycles. The van der Waals surface area contributed by atoms with Gasteiger partial charge in [-0.1, -0.05) is 30.3 Å². The molecule has 1 rings (SSSR count). The average Bonchev–Trinajstić information content (AvgIpc) is 2.78. The zero-order valence-corrected chi connectivity index (χ0v) is 23.0. The van der Waals surface area contributed by atoms with Crippen molar-refractivity contribution in [3.8, 4) is 0 Å². The Hall–Kier alpha value is -3.05. The number of carbonyl (C=O) groups excluding carboxylic acids is 3. The van der Waals surface area contributed by atoms with Gasteiger partial charge in [0.05, 0.1) is 26.4 Å². The quantitative estimate of drug-likeness (QED) is 0.278. The molecule has 0 spiro atoms. The topological polar surface area (TPSA) is 125 Å². The fourth-order valence-electron chi connectivity index (χ4n) is 2.74. The van der Waals surface area contributed by atoms with E-state index >= 15 is 0 Å². The van der Waals surface area contributed by atoms with E-state index in [1.807, 2.05) is 30.3 Å². The Labute approximate surface area is 220 Å². The molecule has 0 saturated carbocycles. The summed E-state index contributed by atoms with van der Waals surface area (Å²) in [6.45, 7) is 13.0. The number of hydrogen-bond acceptors (Lipinski definition) is 8. The fourth-order valence-corrected chi connectivity index (χ4v) is 2.74. The first-order valence-electron chi connectivity index (χ1n) is 12.4. The molecule has 1 aromatic carbocycles. The van der Waals surface area contributed by atoms with Gasteiger partial charge in [-0.3, -0.25) is 0 Å². The summed E-state index contributed by atoms with van der Waals surface area (Å²) in [6.07, 6.45) is -1.52. The molecule has 0 aliphatic heterocycles. The van der Waals surface area contributed by atoms with Gasteiger partial charge in [0.25, 0.3) is 0 Å². The largest absolute Gasteiger partial charge is 0.445 e. The second-order valence-electron chi connectivity index (χ2n) is 10.1. The van der Waals surface area contributed by atoms with E-state index in [4.69, 9.17) is 23.7 Å². The Morgan fingerprint density at radius 1 is 0.730 bits per heavy atom. The van der Waals surface area contributed by atoms with Gasteiger partial charge in [-0.2, -0.15) is 0 Å². The lowest BCUT2D eigenvalue weighted by molar-refractivity contribution is 0.0438. The average molecular weight is 526 g/mol. The van der Waals surface area contributed by atoms with Gasteiger partial charge >= 0.3 is 18.3 Å². The first-order chi connectivity index (χ1) is 17.4. The minimum Gasteiger partial charge on any atom is -0.445 e. The van der Waals surface area contributed by atoms with Crippen LogP contribution in [0.15, 0.2) is 30.3 Å². The summed E-state index contributed by atoms with van der Waals surface area (Å²) in [5.41, 5.74) is -0.261. The van der Waals surface area contributed by atoms with Crippen LogP contribution in [0.3, 0.4) is 0 Å². The summed E-state index contributed by atoms with van der Waals surface area (Å²) in [5, 5.41) is 5.22. The van der Waals surface area contributed by atoms with Crippen LogP contribution in [-0.2, 0) is 30.3 Å². The monoisotopic (exact) mass is 525 g/mol. The number of amides is 3. The zero-order chi connectivity index (χ0) is 27.7. The number of benzene rings is 1. The zero-order valence-electron chi connectivity index (χ0n) is 23.0. The SMILES string of the molecule is CC(C)(C)OC(=O)NCCOCCN(CCOCCNC(=O)OC(C)(C)C)C(=O)OCc1ccccc1. The van der Waals surface area contributed by atoms with Gasteiger partial charge in [-0.15, -0.1) is 0 Å². The standard InChI is InChI=1S/C26H43N3O8/c1-25(2,3)36-22(30)27-12-16-33-18-14-29(24(32)35-20-21-10-8-7-9-11-21)15-19-34-17-13-28-23(31)37-26(4,5)6/h7-11H,12-20H2,1-6H3,(H,27,30)(H,28,31). The van der Waals surface area contributed by atoms with E-state index in [2.05, 4.69) is 10.6 Å². The Morgan fingerprint density at radius 2 is 1.19 bits per heavy atom. The van der Waals surface area contributed by atoms with Crippen molar-refractivity contribution < 1.29 is 38.1 Å². The Kier molecular flexibility index (Phi) is 14.4. The molecule has 37 heavy (non-hydrogen) atoms. The van der Waals surface area contributed by atoms with Crippen LogP contribution in [0.1, 0.15) is 47.1 Å². The van der Waals surface area contributed by atoms with E-state index in [9.17, 15) is 14.4 Å². The van der Waals surface area contributed by atoms with Gasteiger partial charge in [-0.05, 0) is 47.1 Å². The summed E-state index contributed by atoms with van der Waals surface area (Å²) in [7, 11) is 0. The number of nitrogens with one attached hydrogen (secondary N) is 2. The molecule has 0 aliphatic rings. The molecule has 0 unspecified atom stereocenters. The number of rotatable bonds is 14. The number of hydrogen-bond donors (Lipinski definition) is 2. The van der Waals surface area contributed by atoms with Gasteiger partial charge in [0.2, 0.25) is 0 Å². The molecular formula is C26H43N3O8. The van der Waals surface area contributed by atoms with E-state index in [0.717, 1.165) is 5.56 Å². The van der Waals surface area contributed by atoms with Gasteiger partial charge in [0.1, 0.15) is 17.8 Å². The number of ether oxygens (including phenoxy) is 5. The normalized spacial score (nSPS) is 11.4. The molecule has 11 heteroatoms. The van der Waals surface area contributed by atoms with Crippen LogP contribution < -0.4 is 10.6 Å². The van der Waals surface area contributed by atoms with E-state index in [0.29, 0.717) is 0 Å². The summed E-state index contributed by atoms with van der Waals surface area (Å²) in [6, 6.07) is 9.39. The Balaban J connectivity index is 2.38. The van der Waals surface area contributed by atoms with Crippen LogP contribution in [0, 0.1) is 0 Å². The van der Waals surface area contributed by atoms with E-state index in [1.165, 1.54) is 4.90 Å². The molecule has 0 radical (unpaired) electrons. The van der Waals surface area contributed by atoms with Crippen molar-refractivity contribution in [3.05, 3.63) is 35.9 Å². The molecule has 3 amide bonds. The van der Waals surface area contributed by atoms with E-state index in [1.54, 1.807) is 41.5 Å². The molecule has 0 saturated heterocycles. The predicted octanol–water partition coefficient (Wildman–Crippen LogP) is 3.71. The highest BCUT2D eigenvalue weighted by molar-refractivity contribution is 5.68. The summed E-state index contributed by atoms with van der Waals surface area (Å²) < 4.78 is 26.9. The van der Waals surface area contributed by atoms with Gasteiger partial charge in [-0.25, -0.2) is 14.4 Å². The van der Waals surface area contributed by atoms with Crippen molar-refractivity contribution in [2.75, 3.05) is 52.6 Å². The first-order valence-corrected chi connectivity index (χ1v) is 12.4. The molecule has 0 bridgehead atoms. The smallest absolute Gasteiger partial charge is 0.410 e. The highest BCUT2D eigenvalue weighted by Crippen LogP contribution is 2.07.